The predicted octanol–water partition coefficient (Wildman–Crippen LogP) is 1.71. The van der Waals surface area contributed by atoms with Gasteiger partial charge in [-0.15, -0.1) is 0 Å². The molecule has 4 nitrogen and oxygen atoms in total. The zero-order chi connectivity index (χ0) is 13.7. The predicted molar refractivity (Wildman–Crippen MR) is 80.1 cm³/mol. The Morgan fingerprint density at radius 2 is 2.32 bits per heavy atom. The van der Waals surface area contributed by atoms with Crippen LogP contribution in [-0.2, 0) is 0 Å². The Balaban J connectivity index is 1.90. The molecule has 1 fully saturated rings. The van der Waals surface area contributed by atoms with Crippen molar-refractivity contribution in [3.8, 4) is 5.75 Å². The van der Waals surface area contributed by atoms with Gasteiger partial charge < -0.3 is 15.4 Å². The minimum absolute atomic E-state index is 0.556. The number of hydrogen-bond acceptors (Lipinski definition) is 4. The molecule has 1 aliphatic rings. The van der Waals surface area contributed by atoms with Gasteiger partial charge in [0.1, 0.15) is 5.75 Å². The van der Waals surface area contributed by atoms with Gasteiger partial charge in [0.2, 0.25) is 0 Å². The number of likely N-dealkylation sites (N-methyl/N-ethyl adjacent to an activating group) is 1. The number of nitrogens with one attached hydrogen (secondary N) is 2. The first-order valence-electron chi connectivity index (χ1n) is 7.09. The second kappa shape index (κ2) is 6.78. The molecule has 2 N–H and O–H groups in total. The summed E-state index contributed by atoms with van der Waals surface area (Å²) in [5.74, 6) is 0.976. The van der Waals surface area contributed by atoms with E-state index in [2.05, 4.69) is 41.6 Å². The maximum Gasteiger partial charge on any atom is 0.122 e. The van der Waals surface area contributed by atoms with Crippen LogP contribution in [0.15, 0.2) is 18.2 Å². The van der Waals surface area contributed by atoms with Crippen LogP contribution in [0.5, 0.6) is 5.75 Å². The molecule has 0 aliphatic carbocycles. The van der Waals surface area contributed by atoms with Gasteiger partial charge in [-0.1, -0.05) is 0 Å². The number of piperazine rings is 1. The van der Waals surface area contributed by atoms with E-state index >= 15 is 0 Å². The van der Waals surface area contributed by atoms with Crippen molar-refractivity contribution in [2.24, 2.45) is 0 Å². The van der Waals surface area contributed by atoms with Crippen LogP contribution in [0.25, 0.3) is 0 Å². The molecule has 0 saturated carbocycles. The van der Waals surface area contributed by atoms with Crippen molar-refractivity contribution in [1.29, 1.82) is 0 Å². The van der Waals surface area contributed by atoms with Gasteiger partial charge in [0.05, 0.1) is 6.61 Å². The lowest BCUT2D eigenvalue weighted by atomic mass is 10.1. The number of ether oxygens (including phenoxy) is 1. The lowest BCUT2D eigenvalue weighted by molar-refractivity contribution is 0.209. The Kier molecular flexibility index (Phi) is 5.05. The summed E-state index contributed by atoms with van der Waals surface area (Å²) in [4.78, 5) is 2.41. The van der Waals surface area contributed by atoms with E-state index in [1.165, 1.54) is 11.3 Å². The molecule has 0 aromatic heterocycles. The van der Waals surface area contributed by atoms with E-state index in [-0.39, 0.29) is 0 Å². The zero-order valence-corrected chi connectivity index (χ0v) is 12.2. The van der Waals surface area contributed by atoms with Gasteiger partial charge in [0.25, 0.3) is 0 Å². The largest absolute Gasteiger partial charge is 0.494 e. The van der Waals surface area contributed by atoms with Crippen LogP contribution >= 0.6 is 0 Å². The molecule has 0 amide bonds. The van der Waals surface area contributed by atoms with E-state index < -0.39 is 0 Å². The standard InChI is InChI=1S/C15H25N3O/c1-4-19-15-6-5-13(9-12(15)2)17-11-14-10-16-7-8-18(14)3/h5-6,9,14,16-17H,4,7-8,10-11H2,1-3H3. The highest BCUT2D eigenvalue weighted by Gasteiger charge is 2.17. The van der Waals surface area contributed by atoms with Gasteiger partial charge >= 0.3 is 0 Å². The van der Waals surface area contributed by atoms with Gasteiger partial charge in [0.15, 0.2) is 0 Å². The third-order valence-corrected chi connectivity index (χ3v) is 3.66. The highest BCUT2D eigenvalue weighted by atomic mass is 16.5. The van der Waals surface area contributed by atoms with E-state index in [9.17, 15) is 0 Å². The summed E-state index contributed by atoms with van der Waals surface area (Å²) in [6.07, 6.45) is 0. The minimum atomic E-state index is 0.556. The number of anilines is 1. The molecule has 0 spiro atoms. The molecule has 106 valence electrons. The first kappa shape index (κ1) is 14.2. The highest BCUT2D eigenvalue weighted by molar-refractivity contribution is 5.50. The molecule has 4 heteroatoms. The van der Waals surface area contributed by atoms with Crippen molar-refractivity contribution in [3.63, 3.8) is 0 Å². The molecule has 1 saturated heterocycles. The third-order valence-electron chi connectivity index (χ3n) is 3.66. The van der Waals surface area contributed by atoms with E-state index in [1.54, 1.807) is 0 Å². The minimum Gasteiger partial charge on any atom is -0.494 e. The second-order valence-electron chi connectivity index (χ2n) is 5.13. The maximum atomic E-state index is 5.56. The van der Waals surface area contributed by atoms with Crippen LogP contribution in [-0.4, -0.2) is 50.8 Å². The second-order valence-corrected chi connectivity index (χ2v) is 5.13. The van der Waals surface area contributed by atoms with Gasteiger partial charge in [0, 0.05) is 37.9 Å². The van der Waals surface area contributed by atoms with Crippen molar-refractivity contribution in [2.45, 2.75) is 19.9 Å². The summed E-state index contributed by atoms with van der Waals surface area (Å²) in [5.41, 5.74) is 2.35. The van der Waals surface area contributed by atoms with Crippen LogP contribution in [0.2, 0.25) is 0 Å². The molecular formula is C15H25N3O. The molecule has 19 heavy (non-hydrogen) atoms. The molecule has 2 rings (SSSR count). The summed E-state index contributed by atoms with van der Waals surface area (Å²) in [6, 6.07) is 6.85. The lowest BCUT2D eigenvalue weighted by Crippen LogP contribution is -2.52. The highest BCUT2D eigenvalue weighted by Crippen LogP contribution is 2.22. The average Bonchev–Trinajstić information content (AvgIpc) is 2.41. The summed E-state index contributed by atoms with van der Waals surface area (Å²) in [6.45, 7) is 9.05. The van der Waals surface area contributed by atoms with Crippen molar-refractivity contribution in [3.05, 3.63) is 23.8 Å². The van der Waals surface area contributed by atoms with E-state index in [1.807, 2.05) is 13.0 Å². The Morgan fingerprint density at radius 3 is 3.00 bits per heavy atom. The fourth-order valence-electron chi connectivity index (χ4n) is 2.40. The Hall–Kier alpha value is -1.26. The number of rotatable bonds is 5. The zero-order valence-electron chi connectivity index (χ0n) is 12.2. The van der Waals surface area contributed by atoms with Crippen LogP contribution in [0.4, 0.5) is 5.69 Å². The van der Waals surface area contributed by atoms with Gasteiger partial charge in [-0.25, -0.2) is 0 Å². The van der Waals surface area contributed by atoms with Crippen molar-refractivity contribution < 1.29 is 4.74 Å². The SMILES string of the molecule is CCOc1ccc(NCC2CNCCN2C)cc1C. The van der Waals surface area contributed by atoms with Crippen LogP contribution in [0.1, 0.15) is 12.5 Å². The van der Waals surface area contributed by atoms with Gasteiger partial charge in [-0.2, -0.15) is 0 Å². The van der Waals surface area contributed by atoms with Crippen molar-refractivity contribution >= 4 is 5.69 Å². The molecule has 0 bridgehead atoms. The summed E-state index contributed by atoms with van der Waals surface area (Å²) >= 11 is 0. The molecular weight excluding hydrogens is 238 g/mol. The molecule has 1 aliphatic heterocycles. The maximum absolute atomic E-state index is 5.56. The van der Waals surface area contributed by atoms with E-state index in [0.717, 1.165) is 31.9 Å². The first-order chi connectivity index (χ1) is 9.20. The van der Waals surface area contributed by atoms with Crippen LogP contribution in [0, 0.1) is 6.92 Å². The molecule has 0 radical (unpaired) electrons. The van der Waals surface area contributed by atoms with Crippen LogP contribution in [0.3, 0.4) is 0 Å². The Labute approximate surface area is 116 Å². The monoisotopic (exact) mass is 263 g/mol. The summed E-state index contributed by atoms with van der Waals surface area (Å²) in [7, 11) is 2.19. The van der Waals surface area contributed by atoms with E-state index in [4.69, 9.17) is 4.74 Å². The molecule has 1 heterocycles. The Morgan fingerprint density at radius 1 is 1.47 bits per heavy atom. The number of nitrogens with zero attached hydrogens (tertiary/aromatic N) is 1. The topological polar surface area (TPSA) is 36.5 Å². The lowest BCUT2D eigenvalue weighted by Gasteiger charge is -2.33. The van der Waals surface area contributed by atoms with Gasteiger partial charge in [-0.05, 0) is 44.7 Å². The van der Waals surface area contributed by atoms with Gasteiger partial charge in [-0.3, -0.25) is 4.90 Å². The number of hydrogen-bond donors (Lipinski definition) is 2. The normalized spacial score (nSPS) is 20.3. The fourth-order valence-corrected chi connectivity index (χ4v) is 2.40. The summed E-state index contributed by atoms with van der Waals surface area (Å²) in [5, 5.41) is 6.95. The van der Waals surface area contributed by atoms with Crippen LogP contribution < -0.4 is 15.4 Å². The van der Waals surface area contributed by atoms with Crippen molar-refractivity contribution in [2.75, 3.05) is 45.2 Å². The third kappa shape index (κ3) is 3.85. The quantitative estimate of drug-likeness (QED) is 0.848. The number of aryl methyl sites for hydroxylation is 1. The molecule has 1 aromatic rings. The Bertz CT molecular complexity index is 408. The number of benzene rings is 1. The smallest absolute Gasteiger partial charge is 0.122 e. The summed E-state index contributed by atoms with van der Waals surface area (Å²) < 4.78 is 5.56. The fraction of sp³-hybridized carbons (Fsp3) is 0.600. The average molecular weight is 263 g/mol. The molecule has 1 aromatic carbocycles. The van der Waals surface area contributed by atoms with Crippen molar-refractivity contribution in [1.82, 2.24) is 10.2 Å². The molecule has 1 unspecified atom stereocenters. The van der Waals surface area contributed by atoms with E-state index in [0.29, 0.717) is 12.6 Å². The molecule has 1 atom stereocenters. The first-order valence-corrected chi connectivity index (χ1v) is 7.09.